The second-order valence-electron chi connectivity index (χ2n) is 3.83. The van der Waals surface area contributed by atoms with Crippen molar-refractivity contribution in [2.75, 3.05) is 17.8 Å². The van der Waals surface area contributed by atoms with Gasteiger partial charge in [-0.05, 0) is 12.1 Å². The van der Waals surface area contributed by atoms with Gasteiger partial charge in [0, 0.05) is 18.2 Å². The molecule has 0 aromatic carbocycles. The highest BCUT2D eigenvalue weighted by atomic mass is 32.2. The molecule has 18 heavy (non-hydrogen) atoms. The Morgan fingerprint density at radius 1 is 1.44 bits per heavy atom. The standard InChI is InChI=1S/C11H12N2O3S2/c1-18(15,16)7-6-17-11-9(8-14)13-5-3-2-4-10(13)12-11/h2-5,8H,6-7H2,1H3. The van der Waals surface area contributed by atoms with Crippen LogP contribution in [-0.2, 0) is 9.84 Å². The van der Waals surface area contributed by atoms with Gasteiger partial charge in [-0.15, -0.1) is 11.8 Å². The summed E-state index contributed by atoms with van der Waals surface area (Å²) in [4.78, 5) is 15.4. The zero-order valence-corrected chi connectivity index (χ0v) is 11.4. The smallest absolute Gasteiger partial charge is 0.169 e. The van der Waals surface area contributed by atoms with Gasteiger partial charge in [0.1, 0.15) is 26.2 Å². The summed E-state index contributed by atoms with van der Waals surface area (Å²) in [5.74, 6) is 0.466. The normalized spacial score (nSPS) is 11.8. The lowest BCUT2D eigenvalue weighted by Gasteiger charge is -1.98. The zero-order valence-electron chi connectivity index (χ0n) is 9.74. The molecule has 2 rings (SSSR count). The van der Waals surface area contributed by atoms with Gasteiger partial charge in [-0.25, -0.2) is 13.4 Å². The van der Waals surface area contributed by atoms with E-state index in [2.05, 4.69) is 4.98 Å². The fourth-order valence-corrected chi connectivity index (χ4v) is 3.69. The molecule has 0 saturated heterocycles. The van der Waals surface area contributed by atoms with Crippen LogP contribution < -0.4 is 0 Å². The van der Waals surface area contributed by atoms with Gasteiger partial charge in [0.15, 0.2) is 6.29 Å². The summed E-state index contributed by atoms with van der Waals surface area (Å²) in [6.07, 6.45) is 3.69. The molecule has 2 aromatic rings. The van der Waals surface area contributed by atoms with Crippen molar-refractivity contribution in [2.45, 2.75) is 5.03 Å². The van der Waals surface area contributed by atoms with Gasteiger partial charge in [0.25, 0.3) is 0 Å². The average molecular weight is 284 g/mol. The Morgan fingerprint density at radius 2 is 2.22 bits per heavy atom. The fraction of sp³-hybridized carbons (Fsp3) is 0.273. The number of aromatic nitrogens is 2. The van der Waals surface area contributed by atoms with E-state index in [-0.39, 0.29) is 5.75 Å². The molecular formula is C11H12N2O3S2. The fourth-order valence-electron chi connectivity index (χ4n) is 1.50. The van der Waals surface area contributed by atoms with E-state index in [1.165, 1.54) is 18.0 Å². The van der Waals surface area contributed by atoms with E-state index in [1.54, 1.807) is 16.7 Å². The number of thioether (sulfide) groups is 1. The van der Waals surface area contributed by atoms with Gasteiger partial charge in [0.2, 0.25) is 0 Å². The predicted octanol–water partition coefficient (Wildman–Crippen LogP) is 1.28. The Kier molecular flexibility index (Phi) is 3.72. The number of hydrogen-bond donors (Lipinski definition) is 0. The van der Waals surface area contributed by atoms with Crippen LogP contribution in [-0.4, -0.2) is 41.9 Å². The van der Waals surface area contributed by atoms with Gasteiger partial charge >= 0.3 is 0 Å². The number of hydrogen-bond acceptors (Lipinski definition) is 5. The Labute approximate surface area is 109 Å². The molecule has 0 atom stereocenters. The summed E-state index contributed by atoms with van der Waals surface area (Å²) < 4.78 is 23.8. The van der Waals surface area contributed by atoms with Crippen LogP contribution in [0, 0.1) is 0 Å². The second kappa shape index (κ2) is 5.11. The number of imidazole rings is 1. The Hall–Kier alpha value is -1.34. The van der Waals surface area contributed by atoms with Crippen molar-refractivity contribution in [1.29, 1.82) is 0 Å². The van der Waals surface area contributed by atoms with Crippen LogP contribution in [0.5, 0.6) is 0 Å². The molecule has 2 aromatic heterocycles. The lowest BCUT2D eigenvalue weighted by Crippen LogP contribution is -2.05. The third kappa shape index (κ3) is 2.91. The van der Waals surface area contributed by atoms with Gasteiger partial charge in [-0.2, -0.15) is 0 Å². The number of nitrogens with zero attached hydrogens (tertiary/aromatic N) is 2. The molecule has 7 heteroatoms. The highest BCUT2D eigenvalue weighted by Gasteiger charge is 2.12. The van der Waals surface area contributed by atoms with E-state index < -0.39 is 9.84 Å². The number of pyridine rings is 1. The summed E-state index contributed by atoms with van der Waals surface area (Å²) in [6, 6.07) is 5.45. The Bertz CT molecular complexity index is 677. The summed E-state index contributed by atoms with van der Waals surface area (Å²) in [7, 11) is -2.99. The van der Waals surface area contributed by atoms with Gasteiger partial charge in [-0.3, -0.25) is 9.20 Å². The number of sulfone groups is 1. The number of rotatable bonds is 5. The molecule has 0 unspecified atom stereocenters. The first-order valence-electron chi connectivity index (χ1n) is 5.24. The molecule has 0 aliphatic heterocycles. The lowest BCUT2D eigenvalue weighted by atomic mass is 10.4. The summed E-state index contributed by atoms with van der Waals surface area (Å²) in [5.41, 5.74) is 1.14. The summed E-state index contributed by atoms with van der Waals surface area (Å²) in [5, 5.41) is 0.569. The van der Waals surface area contributed by atoms with E-state index in [9.17, 15) is 13.2 Å². The summed E-state index contributed by atoms with van der Waals surface area (Å²) >= 11 is 1.28. The minimum absolute atomic E-state index is 0.0732. The van der Waals surface area contributed by atoms with Crippen molar-refractivity contribution < 1.29 is 13.2 Å². The molecule has 0 aliphatic carbocycles. The molecule has 0 spiro atoms. The molecule has 0 amide bonds. The largest absolute Gasteiger partial charge is 0.296 e. The Morgan fingerprint density at radius 3 is 2.89 bits per heavy atom. The van der Waals surface area contributed by atoms with Crippen molar-refractivity contribution >= 4 is 33.5 Å². The van der Waals surface area contributed by atoms with Crippen LogP contribution in [0.3, 0.4) is 0 Å². The number of carbonyl (C=O) groups excluding carboxylic acids is 1. The molecule has 96 valence electrons. The van der Waals surface area contributed by atoms with Crippen molar-refractivity contribution in [2.24, 2.45) is 0 Å². The molecule has 0 radical (unpaired) electrons. The molecular weight excluding hydrogens is 272 g/mol. The minimum Gasteiger partial charge on any atom is -0.296 e. The molecule has 0 aliphatic rings. The van der Waals surface area contributed by atoms with Crippen molar-refractivity contribution in [3.63, 3.8) is 0 Å². The van der Waals surface area contributed by atoms with E-state index >= 15 is 0 Å². The first kappa shape index (κ1) is 13.1. The van der Waals surface area contributed by atoms with Crippen LogP contribution >= 0.6 is 11.8 Å². The van der Waals surface area contributed by atoms with Gasteiger partial charge in [-0.1, -0.05) is 6.07 Å². The van der Waals surface area contributed by atoms with Crippen LogP contribution in [0.25, 0.3) is 5.65 Å². The monoisotopic (exact) mass is 284 g/mol. The summed E-state index contributed by atoms with van der Waals surface area (Å²) in [6.45, 7) is 0. The minimum atomic E-state index is -2.99. The maximum atomic E-state index is 11.1. The van der Waals surface area contributed by atoms with Crippen molar-refractivity contribution in [3.8, 4) is 0 Å². The van der Waals surface area contributed by atoms with E-state index in [0.717, 1.165) is 6.29 Å². The molecule has 0 N–H and O–H groups in total. The molecule has 2 heterocycles. The molecule has 0 fully saturated rings. The third-order valence-electron chi connectivity index (χ3n) is 2.34. The van der Waals surface area contributed by atoms with E-state index in [0.29, 0.717) is 22.1 Å². The predicted molar refractivity (Wildman–Crippen MR) is 71.0 cm³/mol. The van der Waals surface area contributed by atoms with Gasteiger partial charge in [0.05, 0.1) is 5.75 Å². The first-order valence-corrected chi connectivity index (χ1v) is 8.28. The highest BCUT2D eigenvalue weighted by molar-refractivity contribution is 8.00. The number of aldehydes is 1. The maximum absolute atomic E-state index is 11.1. The van der Waals surface area contributed by atoms with Crippen molar-refractivity contribution in [3.05, 3.63) is 30.1 Å². The first-order chi connectivity index (χ1) is 8.51. The average Bonchev–Trinajstić information content (AvgIpc) is 2.64. The zero-order chi connectivity index (χ0) is 13.2. The van der Waals surface area contributed by atoms with E-state index in [4.69, 9.17) is 0 Å². The number of fused-ring (bicyclic) bond motifs is 1. The molecule has 0 bridgehead atoms. The van der Waals surface area contributed by atoms with Crippen LogP contribution in [0.2, 0.25) is 0 Å². The lowest BCUT2D eigenvalue weighted by molar-refractivity contribution is 0.111. The molecule has 0 saturated carbocycles. The van der Waals surface area contributed by atoms with Crippen LogP contribution in [0.15, 0.2) is 29.4 Å². The molecule has 5 nitrogen and oxygen atoms in total. The van der Waals surface area contributed by atoms with Crippen LogP contribution in [0.1, 0.15) is 10.5 Å². The quantitative estimate of drug-likeness (QED) is 0.611. The SMILES string of the molecule is CS(=O)(=O)CCSc1nc2ccccn2c1C=O. The van der Waals surface area contributed by atoms with Crippen LogP contribution in [0.4, 0.5) is 0 Å². The van der Waals surface area contributed by atoms with Gasteiger partial charge < -0.3 is 0 Å². The van der Waals surface area contributed by atoms with Crippen molar-refractivity contribution in [1.82, 2.24) is 9.38 Å². The van der Waals surface area contributed by atoms with E-state index in [1.807, 2.05) is 12.1 Å². The topological polar surface area (TPSA) is 68.5 Å². The second-order valence-corrected chi connectivity index (χ2v) is 7.17. The Balaban J connectivity index is 2.25. The third-order valence-corrected chi connectivity index (χ3v) is 4.52. The number of carbonyl (C=O) groups is 1. The highest BCUT2D eigenvalue weighted by Crippen LogP contribution is 2.22. The maximum Gasteiger partial charge on any atom is 0.169 e.